The smallest absolute Gasteiger partial charge is 0.240 e. The average molecular weight is 522 g/mol. The van der Waals surface area contributed by atoms with E-state index in [1.165, 1.54) is 29.5 Å². The molecule has 7 heteroatoms. The lowest BCUT2D eigenvalue weighted by molar-refractivity contribution is -0.181. The van der Waals surface area contributed by atoms with Gasteiger partial charge in [0, 0.05) is 25.6 Å². The number of rotatable bonds is 12. The quantitative estimate of drug-likeness (QED) is 0.369. The van der Waals surface area contributed by atoms with Crippen molar-refractivity contribution < 1.29 is 19.8 Å². The number of hydrogen-bond donors (Lipinski definition) is 3. The van der Waals surface area contributed by atoms with Crippen LogP contribution in [-0.2, 0) is 29.3 Å². The van der Waals surface area contributed by atoms with Crippen molar-refractivity contribution in [2.24, 2.45) is 5.92 Å². The minimum absolute atomic E-state index is 0.164. The Labute approximate surface area is 227 Å². The van der Waals surface area contributed by atoms with E-state index in [9.17, 15) is 15.0 Å². The fourth-order valence-electron chi connectivity index (χ4n) is 5.65. The zero-order chi connectivity index (χ0) is 26.9. The third kappa shape index (κ3) is 7.74. The highest BCUT2D eigenvalue weighted by Gasteiger charge is 2.49. The molecule has 1 fully saturated rings. The number of allylic oxidation sites excluding steroid dienone is 1. The minimum atomic E-state index is -0.795. The first-order valence-corrected chi connectivity index (χ1v) is 13.9. The molecule has 7 nitrogen and oxygen atoms in total. The van der Waals surface area contributed by atoms with Gasteiger partial charge < -0.3 is 15.5 Å². The Balaban J connectivity index is 1.37. The van der Waals surface area contributed by atoms with Crippen molar-refractivity contribution in [1.29, 1.82) is 0 Å². The maximum absolute atomic E-state index is 13.3. The van der Waals surface area contributed by atoms with Gasteiger partial charge in [-0.15, -0.1) is 0 Å². The van der Waals surface area contributed by atoms with Crippen LogP contribution >= 0.6 is 0 Å². The molecule has 0 aromatic heterocycles. The van der Waals surface area contributed by atoms with Crippen LogP contribution in [0.25, 0.3) is 0 Å². The topological polar surface area (TPSA) is 85.3 Å². The molecule has 0 unspecified atom stereocenters. The zero-order valence-electron chi connectivity index (χ0n) is 22.8. The Hall–Kier alpha value is -2.55. The van der Waals surface area contributed by atoms with Crippen LogP contribution in [0.3, 0.4) is 0 Å². The monoisotopic (exact) mass is 521 g/mol. The number of aliphatic hydroxyl groups is 2. The minimum Gasteiger partial charge on any atom is -0.394 e. The van der Waals surface area contributed by atoms with E-state index in [1.54, 1.807) is 12.0 Å². The average Bonchev–Trinajstić information content (AvgIpc) is 3.29. The molecular weight excluding hydrogens is 478 g/mol. The van der Waals surface area contributed by atoms with Gasteiger partial charge in [-0.1, -0.05) is 66.2 Å². The molecule has 206 valence electrons. The SMILES string of the molecule is C[C@H](O)[C@@H]1[C@H](CO)ON(Cc2ccc(CN(C)Cc3ccccc3)cc2)[C@@H]1C(=O)NCCC1=CCCCC1. The first-order valence-electron chi connectivity index (χ1n) is 13.9. The van der Waals surface area contributed by atoms with Crippen LogP contribution in [0.5, 0.6) is 0 Å². The van der Waals surface area contributed by atoms with Gasteiger partial charge in [-0.3, -0.25) is 14.5 Å². The maximum atomic E-state index is 13.3. The largest absolute Gasteiger partial charge is 0.394 e. The zero-order valence-corrected chi connectivity index (χ0v) is 22.8. The van der Waals surface area contributed by atoms with E-state index < -0.39 is 24.2 Å². The van der Waals surface area contributed by atoms with E-state index in [0.29, 0.717) is 13.1 Å². The second kappa shape index (κ2) is 14.0. The lowest BCUT2D eigenvalue weighted by Gasteiger charge is -2.26. The fourth-order valence-corrected chi connectivity index (χ4v) is 5.65. The number of nitrogens with zero attached hydrogens (tertiary/aromatic N) is 2. The van der Waals surface area contributed by atoms with Crippen LogP contribution < -0.4 is 5.32 Å². The van der Waals surface area contributed by atoms with Gasteiger partial charge in [0.15, 0.2) is 0 Å². The number of aliphatic hydroxyl groups excluding tert-OH is 2. The van der Waals surface area contributed by atoms with Crippen LogP contribution in [0.15, 0.2) is 66.2 Å². The highest BCUT2D eigenvalue weighted by molar-refractivity contribution is 5.82. The van der Waals surface area contributed by atoms with Gasteiger partial charge >= 0.3 is 0 Å². The molecule has 0 radical (unpaired) electrons. The summed E-state index contributed by atoms with van der Waals surface area (Å²) < 4.78 is 0. The first kappa shape index (κ1) is 28.5. The molecule has 0 bridgehead atoms. The Morgan fingerprint density at radius 3 is 2.39 bits per heavy atom. The predicted octanol–water partition coefficient (Wildman–Crippen LogP) is 3.80. The summed E-state index contributed by atoms with van der Waals surface area (Å²) in [6.07, 6.45) is 6.41. The maximum Gasteiger partial charge on any atom is 0.240 e. The lowest BCUT2D eigenvalue weighted by Crippen LogP contribution is -2.49. The van der Waals surface area contributed by atoms with Gasteiger partial charge in [0.05, 0.1) is 19.3 Å². The van der Waals surface area contributed by atoms with Gasteiger partial charge in [0.25, 0.3) is 0 Å². The molecule has 2 aliphatic rings. The number of carbonyl (C=O) groups is 1. The van der Waals surface area contributed by atoms with Crippen molar-refractivity contribution in [3.63, 3.8) is 0 Å². The van der Waals surface area contributed by atoms with Crippen LogP contribution in [0.1, 0.15) is 55.7 Å². The molecule has 1 aliphatic heterocycles. The summed E-state index contributed by atoms with van der Waals surface area (Å²) in [5, 5.41) is 25.1. The molecule has 2 aromatic rings. The van der Waals surface area contributed by atoms with E-state index in [1.807, 2.05) is 6.07 Å². The van der Waals surface area contributed by atoms with E-state index in [0.717, 1.165) is 37.9 Å². The molecule has 1 saturated heterocycles. The number of hydrogen-bond acceptors (Lipinski definition) is 6. The number of amides is 1. The van der Waals surface area contributed by atoms with Crippen molar-refractivity contribution in [3.8, 4) is 0 Å². The van der Waals surface area contributed by atoms with Crippen LogP contribution in [0.2, 0.25) is 0 Å². The molecule has 0 spiro atoms. The highest BCUT2D eigenvalue weighted by atomic mass is 16.7. The Kier molecular flexibility index (Phi) is 10.5. The molecule has 2 aromatic carbocycles. The van der Waals surface area contributed by atoms with Crippen LogP contribution in [0.4, 0.5) is 0 Å². The predicted molar refractivity (Wildman–Crippen MR) is 149 cm³/mol. The van der Waals surface area contributed by atoms with Crippen LogP contribution in [-0.4, -0.2) is 64.5 Å². The van der Waals surface area contributed by atoms with Crippen molar-refractivity contribution >= 4 is 5.91 Å². The van der Waals surface area contributed by atoms with Crippen LogP contribution in [0, 0.1) is 5.92 Å². The van der Waals surface area contributed by atoms with Gasteiger partial charge in [0.2, 0.25) is 5.91 Å². The summed E-state index contributed by atoms with van der Waals surface area (Å²) in [6, 6.07) is 18.1. The Morgan fingerprint density at radius 2 is 1.76 bits per heavy atom. The molecule has 4 rings (SSSR count). The summed E-state index contributed by atoms with van der Waals surface area (Å²) in [4.78, 5) is 21.6. The molecule has 0 saturated carbocycles. The van der Waals surface area contributed by atoms with Gasteiger partial charge in [-0.25, -0.2) is 0 Å². The standard InChI is InChI=1S/C31H43N3O4/c1-23(36)29-28(22-35)38-34(30(29)31(37)32-18-17-24-9-5-3-6-10-24)21-27-15-13-26(14-16-27)20-33(2)19-25-11-7-4-8-12-25/h4,7-9,11-16,23,28-30,35-36H,3,5-6,10,17-22H2,1-2H3,(H,32,37)/t23-,28-,29+,30-/m0/s1. The number of hydroxylamine groups is 2. The third-order valence-electron chi connectivity index (χ3n) is 7.62. The summed E-state index contributed by atoms with van der Waals surface area (Å²) in [7, 11) is 2.11. The molecule has 1 heterocycles. The highest BCUT2D eigenvalue weighted by Crippen LogP contribution is 2.32. The number of carbonyl (C=O) groups excluding carboxylic acids is 1. The number of nitrogens with one attached hydrogen (secondary N) is 1. The van der Waals surface area contributed by atoms with Crippen molar-refractivity contribution in [1.82, 2.24) is 15.3 Å². The Bertz CT molecular complexity index is 1040. The van der Waals surface area contributed by atoms with E-state index >= 15 is 0 Å². The van der Waals surface area contributed by atoms with Crippen molar-refractivity contribution in [3.05, 3.63) is 82.9 Å². The van der Waals surface area contributed by atoms with Crippen molar-refractivity contribution in [2.45, 2.75) is 76.9 Å². The second-order valence-corrected chi connectivity index (χ2v) is 10.8. The normalized spacial score (nSPS) is 22.9. The molecule has 4 atom stereocenters. The molecular formula is C31H43N3O4. The summed E-state index contributed by atoms with van der Waals surface area (Å²) in [5.41, 5.74) is 4.90. The van der Waals surface area contributed by atoms with Crippen molar-refractivity contribution in [2.75, 3.05) is 20.2 Å². The lowest BCUT2D eigenvalue weighted by atomic mass is 9.89. The molecule has 38 heavy (non-hydrogen) atoms. The van der Waals surface area contributed by atoms with Gasteiger partial charge in [-0.05, 0) is 62.8 Å². The van der Waals surface area contributed by atoms with E-state index in [-0.39, 0.29) is 12.5 Å². The molecule has 3 N–H and O–H groups in total. The summed E-state index contributed by atoms with van der Waals surface area (Å²) in [6.45, 7) is 4.07. The Morgan fingerprint density at radius 1 is 1.08 bits per heavy atom. The second-order valence-electron chi connectivity index (χ2n) is 10.8. The van der Waals surface area contributed by atoms with E-state index in [4.69, 9.17) is 4.84 Å². The fraction of sp³-hybridized carbons (Fsp3) is 0.516. The summed E-state index contributed by atoms with van der Waals surface area (Å²) >= 11 is 0. The molecule has 1 aliphatic carbocycles. The number of benzene rings is 2. The first-order chi connectivity index (χ1) is 18.4. The van der Waals surface area contributed by atoms with E-state index in [2.05, 4.69) is 71.9 Å². The molecule has 1 amide bonds. The van der Waals surface area contributed by atoms with Gasteiger partial charge in [-0.2, -0.15) is 5.06 Å². The third-order valence-corrected chi connectivity index (χ3v) is 7.62. The van der Waals surface area contributed by atoms with Gasteiger partial charge in [0.1, 0.15) is 12.1 Å². The summed E-state index contributed by atoms with van der Waals surface area (Å²) in [5.74, 6) is -0.678.